The predicted molar refractivity (Wildman–Crippen MR) is 94.4 cm³/mol. The third kappa shape index (κ3) is 4.41. The summed E-state index contributed by atoms with van der Waals surface area (Å²) in [7, 11) is 0. The maximum Gasteiger partial charge on any atom is 0.238 e. The molecule has 2 aliphatic rings. The molecule has 0 aliphatic carbocycles. The first-order valence-corrected chi connectivity index (χ1v) is 8.70. The highest BCUT2D eigenvalue weighted by atomic mass is 16.2. The van der Waals surface area contributed by atoms with E-state index in [2.05, 4.69) is 20.4 Å². The van der Waals surface area contributed by atoms with Gasteiger partial charge in [-0.25, -0.2) is 0 Å². The fourth-order valence-corrected chi connectivity index (χ4v) is 3.46. The first-order valence-electron chi connectivity index (χ1n) is 8.70. The molecule has 2 aliphatic heterocycles. The Bertz CT molecular complexity index is 590. The number of piperazine rings is 1. The number of Topliss-reactive ketones (excluding diaryl/α,β-unsaturated/α-hetero) is 1. The Morgan fingerprint density at radius 2 is 2.04 bits per heavy atom. The zero-order chi connectivity index (χ0) is 16.9. The van der Waals surface area contributed by atoms with Gasteiger partial charge in [0.2, 0.25) is 5.91 Å². The normalized spacial score (nSPS) is 22.5. The van der Waals surface area contributed by atoms with Gasteiger partial charge in [-0.2, -0.15) is 0 Å². The van der Waals surface area contributed by atoms with Gasteiger partial charge in [0.15, 0.2) is 5.78 Å². The molecule has 130 valence electrons. The van der Waals surface area contributed by atoms with E-state index in [1.54, 1.807) is 18.2 Å². The molecule has 6 heteroatoms. The summed E-state index contributed by atoms with van der Waals surface area (Å²) >= 11 is 0. The van der Waals surface area contributed by atoms with Crippen LogP contribution in [-0.4, -0.2) is 73.3 Å². The zero-order valence-corrected chi connectivity index (χ0v) is 14.3. The standard InChI is InChI=1S/C18H26N4O2/c1-14(23)15-3-2-4-16(11-15)20-18(24)13-21-7-9-22(10-8-21)17-5-6-19-12-17/h2-4,11,17,19H,5-10,12-13H2,1H3,(H,20,24). The minimum atomic E-state index is -0.0216. The van der Waals surface area contributed by atoms with Crippen LogP contribution >= 0.6 is 0 Å². The van der Waals surface area contributed by atoms with Gasteiger partial charge in [-0.1, -0.05) is 12.1 Å². The smallest absolute Gasteiger partial charge is 0.238 e. The molecular formula is C18H26N4O2. The number of hydrogen-bond donors (Lipinski definition) is 2. The second kappa shape index (κ2) is 7.88. The van der Waals surface area contributed by atoms with Crippen molar-refractivity contribution in [3.63, 3.8) is 0 Å². The Morgan fingerprint density at radius 1 is 1.25 bits per heavy atom. The van der Waals surface area contributed by atoms with Gasteiger partial charge >= 0.3 is 0 Å². The van der Waals surface area contributed by atoms with Gasteiger partial charge < -0.3 is 10.6 Å². The van der Waals surface area contributed by atoms with Crippen molar-refractivity contribution in [1.29, 1.82) is 0 Å². The van der Waals surface area contributed by atoms with Crippen LogP contribution in [0.1, 0.15) is 23.7 Å². The SMILES string of the molecule is CC(=O)c1cccc(NC(=O)CN2CCN(C3CCNC3)CC2)c1. The molecule has 1 aromatic carbocycles. The topological polar surface area (TPSA) is 64.7 Å². The van der Waals surface area contributed by atoms with Crippen LogP contribution in [0.4, 0.5) is 5.69 Å². The maximum atomic E-state index is 12.2. The molecule has 1 atom stereocenters. The molecule has 0 saturated carbocycles. The van der Waals surface area contributed by atoms with Crippen LogP contribution in [0.15, 0.2) is 24.3 Å². The Balaban J connectivity index is 1.45. The number of nitrogens with zero attached hydrogens (tertiary/aromatic N) is 2. The van der Waals surface area contributed by atoms with Crippen molar-refractivity contribution in [3.05, 3.63) is 29.8 Å². The molecule has 2 fully saturated rings. The van der Waals surface area contributed by atoms with Crippen LogP contribution < -0.4 is 10.6 Å². The maximum absolute atomic E-state index is 12.2. The number of ketones is 1. The quantitative estimate of drug-likeness (QED) is 0.782. The van der Waals surface area contributed by atoms with Gasteiger partial charge in [-0.3, -0.25) is 19.4 Å². The Hall–Kier alpha value is -1.76. The predicted octanol–water partition coefficient (Wildman–Crippen LogP) is 0.807. The van der Waals surface area contributed by atoms with Crippen molar-refractivity contribution in [2.24, 2.45) is 0 Å². The summed E-state index contributed by atoms with van der Waals surface area (Å²) in [6, 6.07) is 7.76. The number of nitrogens with one attached hydrogen (secondary N) is 2. The van der Waals surface area contributed by atoms with Crippen LogP contribution in [0.5, 0.6) is 0 Å². The summed E-state index contributed by atoms with van der Waals surface area (Å²) in [6.07, 6.45) is 1.23. The highest BCUT2D eigenvalue weighted by Gasteiger charge is 2.26. The molecule has 2 heterocycles. The minimum Gasteiger partial charge on any atom is -0.325 e. The number of carbonyl (C=O) groups is 2. The van der Waals surface area contributed by atoms with E-state index in [1.807, 2.05) is 6.07 Å². The van der Waals surface area contributed by atoms with E-state index >= 15 is 0 Å². The van der Waals surface area contributed by atoms with Crippen LogP contribution in [0.25, 0.3) is 0 Å². The van der Waals surface area contributed by atoms with Gasteiger partial charge in [-0.05, 0) is 32.0 Å². The highest BCUT2D eigenvalue weighted by molar-refractivity contribution is 5.97. The number of anilines is 1. The summed E-state index contributed by atoms with van der Waals surface area (Å²) in [5.41, 5.74) is 1.30. The van der Waals surface area contributed by atoms with Gasteiger partial charge in [0.05, 0.1) is 6.54 Å². The average molecular weight is 330 g/mol. The van der Waals surface area contributed by atoms with Crippen molar-refractivity contribution in [2.45, 2.75) is 19.4 Å². The van der Waals surface area contributed by atoms with Crippen molar-refractivity contribution in [3.8, 4) is 0 Å². The third-order valence-corrected chi connectivity index (χ3v) is 4.88. The summed E-state index contributed by atoms with van der Waals surface area (Å²) in [5.74, 6) is -0.0182. The number of carbonyl (C=O) groups excluding carboxylic acids is 2. The van der Waals surface area contributed by atoms with E-state index in [4.69, 9.17) is 0 Å². The van der Waals surface area contributed by atoms with Gasteiger partial charge in [0.25, 0.3) is 0 Å². The lowest BCUT2D eigenvalue weighted by molar-refractivity contribution is -0.117. The fraction of sp³-hybridized carbons (Fsp3) is 0.556. The highest BCUT2D eigenvalue weighted by Crippen LogP contribution is 2.13. The third-order valence-electron chi connectivity index (χ3n) is 4.88. The van der Waals surface area contributed by atoms with E-state index in [0.717, 1.165) is 39.3 Å². The first kappa shape index (κ1) is 17.1. The Morgan fingerprint density at radius 3 is 2.71 bits per heavy atom. The van der Waals surface area contributed by atoms with Crippen molar-refractivity contribution >= 4 is 17.4 Å². The molecule has 0 aromatic heterocycles. The molecule has 2 saturated heterocycles. The molecule has 1 unspecified atom stereocenters. The zero-order valence-electron chi connectivity index (χ0n) is 14.3. The van der Waals surface area contributed by atoms with Crippen LogP contribution in [-0.2, 0) is 4.79 Å². The molecular weight excluding hydrogens is 304 g/mol. The summed E-state index contributed by atoms with van der Waals surface area (Å²) in [5, 5.41) is 6.30. The van der Waals surface area contributed by atoms with E-state index < -0.39 is 0 Å². The van der Waals surface area contributed by atoms with Crippen molar-refractivity contribution in [2.75, 3.05) is 51.1 Å². The number of benzene rings is 1. The molecule has 0 radical (unpaired) electrons. The molecule has 24 heavy (non-hydrogen) atoms. The van der Waals surface area contributed by atoms with Gasteiger partial charge in [0, 0.05) is 50.0 Å². The van der Waals surface area contributed by atoms with E-state index in [9.17, 15) is 9.59 Å². The van der Waals surface area contributed by atoms with Crippen LogP contribution in [0.2, 0.25) is 0 Å². The van der Waals surface area contributed by atoms with E-state index in [1.165, 1.54) is 13.3 Å². The van der Waals surface area contributed by atoms with Crippen LogP contribution in [0, 0.1) is 0 Å². The minimum absolute atomic E-state index is 0.00335. The second-order valence-corrected chi connectivity index (χ2v) is 6.64. The van der Waals surface area contributed by atoms with Gasteiger partial charge in [0.1, 0.15) is 0 Å². The lowest BCUT2D eigenvalue weighted by atomic mass is 10.1. The number of rotatable bonds is 5. The fourth-order valence-electron chi connectivity index (χ4n) is 3.46. The van der Waals surface area contributed by atoms with E-state index in [0.29, 0.717) is 23.8 Å². The van der Waals surface area contributed by atoms with Crippen LogP contribution in [0.3, 0.4) is 0 Å². The molecule has 3 rings (SSSR count). The molecule has 1 aromatic rings. The number of hydrogen-bond acceptors (Lipinski definition) is 5. The monoisotopic (exact) mass is 330 g/mol. The first-order chi connectivity index (χ1) is 11.6. The lowest BCUT2D eigenvalue weighted by Gasteiger charge is -2.37. The molecule has 6 nitrogen and oxygen atoms in total. The largest absolute Gasteiger partial charge is 0.325 e. The average Bonchev–Trinajstić information content (AvgIpc) is 3.10. The van der Waals surface area contributed by atoms with Crippen molar-refractivity contribution < 1.29 is 9.59 Å². The summed E-state index contributed by atoms with van der Waals surface area (Å²) < 4.78 is 0. The van der Waals surface area contributed by atoms with E-state index in [-0.39, 0.29) is 11.7 Å². The summed E-state index contributed by atoms with van der Waals surface area (Å²) in [4.78, 5) is 28.4. The Kier molecular flexibility index (Phi) is 5.60. The Labute approximate surface area is 143 Å². The molecule has 1 amide bonds. The molecule has 2 N–H and O–H groups in total. The second-order valence-electron chi connectivity index (χ2n) is 6.64. The molecule has 0 bridgehead atoms. The van der Waals surface area contributed by atoms with Gasteiger partial charge in [-0.15, -0.1) is 0 Å². The lowest BCUT2D eigenvalue weighted by Crippen LogP contribution is -2.52. The molecule has 0 spiro atoms. The number of amides is 1. The van der Waals surface area contributed by atoms with Crippen molar-refractivity contribution in [1.82, 2.24) is 15.1 Å². The summed E-state index contributed by atoms with van der Waals surface area (Å²) in [6.45, 7) is 8.05.